The minimum absolute atomic E-state index is 0.0604. The number of likely N-dealkylation sites (tertiary alicyclic amines) is 1. The Bertz CT molecular complexity index is 694. The van der Waals surface area contributed by atoms with Crippen LogP contribution < -0.4 is 10.2 Å². The highest BCUT2D eigenvalue weighted by Gasteiger charge is 2.25. The van der Waals surface area contributed by atoms with Crippen LogP contribution in [0.15, 0.2) is 29.3 Å². The predicted octanol–water partition coefficient (Wildman–Crippen LogP) is 1.23. The first-order valence-corrected chi connectivity index (χ1v) is 9.69. The Morgan fingerprint density at radius 3 is 2.44 bits per heavy atom. The highest BCUT2D eigenvalue weighted by atomic mass is 16.2. The Morgan fingerprint density at radius 2 is 1.81 bits per heavy atom. The summed E-state index contributed by atoms with van der Waals surface area (Å²) in [6.07, 6.45) is 1.62. The molecule has 146 valence electrons. The Labute approximate surface area is 161 Å². The van der Waals surface area contributed by atoms with Gasteiger partial charge in [-0.25, -0.2) is 0 Å². The van der Waals surface area contributed by atoms with E-state index < -0.39 is 0 Å². The van der Waals surface area contributed by atoms with Crippen LogP contribution in [0.5, 0.6) is 0 Å². The highest BCUT2D eigenvalue weighted by Crippen LogP contribution is 2.18. The van der Waals surface area contributed by atoms with Crippen LogP contribution in [-0.4, -0.2) is 73.9 Å². The van der Waals surface area contributed by atoms with Crippen molar-refractivity contribution in [2.75, 3.05) is 51.2 Å². The van der Waals surface area contributed by atoms with Crippen molar-refractivity contribution in [1.29, 1.82) is 0 Å². The average Bonchev–Trinajstić information content (AvgIpc) is 2.67. The molecule has 2 amide bonds. The molecule has 1 aromatic rings. The number of amides is 2. The van der Waals surface area contributed by atoms with Gasteiger partial charge in [0.1, 0.15) is 0 Å². The zero-order valence-electron chi connectivity index (χ0n) is 16.3. The monoisotopic (exact) mass is 371 g/mol. The number of anilines is 1. The lowest BCUT2D eigenvalue weighted by Gasteiger charge is -2.38. The summed E-state index contributed by atoms with van der Waals surface area (Å²) in [5.74, 6) is 0.709. The largest absolute Gasteiger partial charge is 0.368 e. The van der Waals surface area contributed by atoms with Crippen molar-refractivity contribution >= 4 is 23.5 Å². The van der Waals surface area contributed by atoms with Gasteiger partial charge >= 0.3 is 0 Å². The summed E-state index contributed by atoms with van der Waals surface area (Å²) in [6.45, 7) is 6.69. The molecule has 0 aliphatic carbocycles. The summed E-state index contributed by atoms with van der Waals surface area (Å²) < 4.78 is 0. The average molecular weight is 371 g/mol. The molecule has 2 fully saturated rings. The Hall–Kier alpha value is -2.57. The zero-order valence-corrected chi connectivity index (χ0v) is 16.3. The fourth-order valence-corrected chi connectivity index (χ4v) is 3.66. The molecular formula is C20H29N5O2. The number of carbonyl (C=O) groups excluding carboxylic acids is 2. The molecule has 0 radical (unpaired) electrons. The van der Waals surface area contributed by atoms with E-state index in [0.717, 1.165) is 32.1 Å². The summed E-state index contributed by atoms with van der Waals surface area (Å²) in [7, 11) is 1.77. The first-order valence-electron chi connectivity index (χ1n) is 9.69. The van der Waals surface area contributed by atoms with E-state index in [1.54, 1.807) is 7.05 Å². The molecular weight excluding hydrogens is 342 g/mol. The van der Waals surface area contributed by atoms with E-state index in [1.165, 1.54) is 16.2 Å². The van der Waals surface area contributed by atoms with Gasteiger partial charge in [-0.3, -0.25) is 19.5 Å². The lowest BCUT2D eigenvalue weighted by Crippen LogP contribution is -2.53. The van der Waals surface area contributed by atoms with Gasteiger partial charge in [-0.05, 0) is 31.0 Å². The summed E-state index contributed by atoms with van der Waals surface area (Å²) in [5, 5.41) is 3.30. The minimum Gasteiger partial charge on any atom is -0.368 e. The molecule has 0 spiro atoms. The topological polar surface area (TPSA) is 68.2 Å². The summed E-state index contributed by atoms with van der Waals surface area (Å²) in [6, 6.07) is 8.59. The van der Waals surface area contributed by atoms with Crippen molar-refractivity contribution in [3.05, 3.63) is 29.8 Å². The van der Waals surface area contributed by atoms with E-state index in [-0.39, 0.29) is 11.8 Å². The molecule has 27 heavy (non-hydrogen) atoms. The first kappa shape index (κ1) is 19.2. The maximum absolute atomic E-state index is 11.9. The number of nitrogens with one attached hydrogen (secondary N) is 1. The number of piperazine rings is 1. The number of benzene rings is 1. The molecule has 1 N–H and O–H groups in total. The molecule has 1 aromatic carbocycles. The fourth-order valence-electron chi connectivity index (χ4n) is 3.66. The predicted molar refractivity (Wildman–Crippen MR) is 107 cm³/mol. The van der Waals surface area contributed by atoms with Crippen molar-refractivity contribution in [2.24, 2.45) is 4.99 Å². The van der Waals surface area contributed by atoms with Crippen LogP contribution in [-0.2, 0) is 9.59 Å². The zero-order chi connectivity index (χ0) is 19.2. The Morgan fingerprint density at radius 1 is 1.11 bits per heavy atom. The molecule has 0 aromatic heterocycles. The molecule has 0 saturated carbocycles. The summed E-state index contributed by atoms with van der Waals surface area (Å²) in [4.78, 5) is 34.1. The van der Waals surface area contributed by atoms with E-state index in [2.05, 4.69) is 51.3 Å². The van der Waals surface area contributed by atoms with Crippen LogP contribution in [0, 0.1) is 6.92 Å². The van der Waals surface area contributed by atoms with Crippen molar-refractivity contribution < 1.29 is 9.59 Å². The lowest BCUT2D eigenvalue weighted by molar-refractivity contribution is -0.147. The van der Waals surface area contributed by atoms with E-state index in [0.29, 0.717) is 32.4 Å². The number of piperidine rings is 1. The molecule has 2 aliphatic heterocycles. The second-order valence-electron chi connectivity index (χ2n) is 7.08. The van der Waals surface area contributed by atoms with Crippen LogP contribution in [0.1, 0.15) is 24.8 Å². The fraction of sp³-hybridized carbons (Fsp3) is 0.550. The van der Waals surface area contributed by atoms with Gasteiger partial charge in [0.25, 0.3) is 0 Å². The van der Waals surface area contributed by atoms with Crippen LogP contribution in [0.4, 0.5) is 5.69 Å². The van der Waals surface area contributed by atoms with Crippen LogP contribution in [0.3, 0.4) is 0 Å². The number of hydrogen-bond acceptors (Lipinski definition) is 4. The van der Waals surface area contributed by atoms with Gasteiger partial charge in [-0.1, -0.05) is 12.1 Å². The van der Waals surface area contributed by atoms with Gasteiger partial charge in [0.2, 0.25) is 11.8 Å². The number of nitrogens with zero attached hydrogens (tertiary/aromatic N) is 4. The van der Waals surface area contributed by atoms with Crippen molar-refractivity contribution in [1.82, 2.24) is 15.1 Å². The van der Waals surface area contributed by atoms with E-state index in [9.17, 15) is 9.59 Å². The van der Waals surface area contributed by atoms with Gasteiger partial charge in [0.15, 0.2) is 5.96 Å². The lowest BCUT2D eigenvalue weighted by atomic mass is 10.1. The van der Waals surface area contributed by atoms with E-state index in [1.807, 2.05) is 0 Å². The number of aryl methyl sites for hydroxylation is 1. The van der Waals surface area contributed by atoms with Gasteiger partial charge in [-0.2, -0.15) is 0 Å². The molecule has 2 aliphatic rings. The van der Waals surface area contributed by atoms with Crippen molar-refractivity contribution in [3.63, 3.8) is 0 Å². The molecule has 7 nitrogen and oxygen atoms in total. The Kier molecular flexibility index (Phi) is 6.32. The third-order valence-corrected chi connectivity index (χ3v) is 5.16. The van der Waals surface area contributed by atoms with Gasteiger partial charge in [0.05, 0.1) is 0 Å². The number of aliphatic imine (C=N–C) groups is 1. The first-order chi connectivity index (χ1) is 13.1. The number of rotatable bonds is 4. The molecule has 3 rings (SSSR count). The molecule has 2 saturated heterocycles. The molecule has 0 bridgehead atoms. The number of guanidine groups is 1. The standard InChI is InChI=1S/C20H29N5O2/c1-16-5-3-6-17(15-16)23-11-13-24(14-12-23)20(21-2)22-9-10-25-18(26)7-4-8-19(25)27/h3,5-6,15H,4,7-14H2,1-2H3,(H,21,22). The maximum Gasteiger partial charge on any atom is 0.229 e. The van der Waals surface area contributed by atoms with Crippen molar-refractivity contribution in [2.45, 2.75) is 26.2 Å². The summed E-state index contributed by atoms with van der Waals surface area (Å²) in [5.41, 5.74) is 2.54. The van der Waals surface area contributed by atoms with Crippen LogP contribution in [0.2, 0.25) is 0 Å². The molecule has 2 heterocycles. The quantitative estimate of drug-likeness (QED) is 0.490. The second kappa shape index (κ2) is 8.88. The maximum atomic E-state index is 11.9. The second-order valence-corrected chi connectivity index (χ2v) is 7.08. The highest BCUT2D eigenvalue weighted by molar-refractivity contribution is 5.97. The van der Waals surface area contributed by atoms with E-state index >= 15 is 0 Å². The Balaban J connectivity index is 1.48. The van der Waals surface area contributed by atoms with Gasteiger partial charge in [0, 0.05) is 64.8 Å². The molecule has 0 atom stereocenters. The van der Waals surface area contributed by atoms with E-state index in [4.69, 9.17) is 0 Å². The van der Waals surface area contributed by atoms with Crippen molar-refractivity contribution in [3.8, 4) is 0 Å². The number of carbonyl (C=O) groups is 2. The third-order valence-electron chi connectivity index (χ3n) is 5.16. The van der Waals surface area contributed by atoms with Crippen LogP contribution in [0.25, 0.3) is 0 Å². The number of hydrogen-bond donors (Lipinski definition) is 1. The molecule has 7 heteroatoms. The van der Waals surface area contributed by atoms with Gasteiger partial charge in [-0.15, -0.1) is 0 Å². The number of imide groups is 1. The normalized spacial score (nSPS) is 18.9. The summed E-state index contributed by atoms with van der Waals surface area (Å²) >= 11 is 0. The SMILES string of the molecule is CN=C(NCCN1C(=O)CCCC1=O)N1CCN(c2cccc(C)c2)CC1. The third kappa shape index (κ3) is 4.78. The smallest absolute Gasteiger partial charge is 0.229 e. The van der Waals surface area contributed by atoms with Crippen LogP contribution >= 0.6 is 0 Å². The molecule has 0 unspecified atom stereocenters. The minimum atomic E-state index is -0.0604. The van der Waals surface area contributed by atoms with Gasteiger partial charge < -0.3 is 15.1 Å².